The average molecular weight is 143 g/mol. The van der Waals surface area contributed by atoms with E-state index in [4.69, 9.17) is 5.11 Å². The van der Waals surface area contributed by atoms with E-state index in [1.54, 1.807) is 0 Å². The Hall–Kier alpha value is -1.16. The highest BCUT2D eigenvalue weighted by atomic mass is 19.1. The van der Waals surface area contributed by atoms with Gasteiger partial charge in [0.25, 0.3) is 0 Å². The minimum Gasteiger partial charge on any atom is -0.391 e. The number of H-pyrrole nitrogens is 1. The van der Waals surface area contributed by atoms with Crippen LogP contribution in [0.3, 0.4) is 0 Å². The van der Waals surface area contributed by atoms with Crippen LogP contribution < -0.4 is 5.43 Å². The smallest absolute Gasteiger partial charge is 0.200 e. The first-order valence-corrected chi connectivity index (χ1v) is 2.72. The molecule has 54 valence electrons. The predicted molar refractivity (Wildman–Crippen MR) is 32.9 cm³/mol. The van der Waals surface area contributed by atoms with Gasteiger partial charge in [-0.1, -0.05) is 0 Å². The van der Waals surface area contributed by atoms with E-state index in [2.05, 4.69) is 4.98 Å². The Bertz CT molecular complexity index is 281. The van der Waals surface area contributed by atoms with E-state index < -0.39 is 18.0 Å². The zero-order chi connectivity index (χ0) is 7.56. The number of rotatable bonds is 1. The lowest BCUT2D eigenvalue weighted by Gasteiger charge is -1.93. The molecule has 4 heteroatoms. The molecule has 1 aromatic heterocycles. The lowest BCUT2D eigenvalue weighted by Crippen LogP contribution is -2.10. The molecule has 0 unspecified atom stereocenters. The highest BCUT2D eigenvalue weighted by Gasteiger charge is 2.02. The fourth-order valence-corrected chi connectivity index (χ4v) is 0.634. The third-order valence-electron chi connectivity index (χ3n) is 1.17. The third-order valence-corrected chi connectivity index (χ3v) is 1.17. The number of nitrogens with one attached hydrogen (secondary N) is 1. The highest BCUT2D eigenvalue weighted by Crippen LogP contribution is 1.94. The number of aromatic nitrogens is 1. The first-order valence-electron chi connectivity index (χ1n) is 2.72. The lowest BCUT2D eigenvalue weighted by atomic mass is 10.3. The van der Waals surface area contributed by atoms with E-state index in [9.17, 15) is 9.18 Å². The van der Waals surface area contributed by atoms with E-state index in [1.807, 2.05) is 0 Å². The summed E-state index contributed by atoms with van der Waals surface area (Å²) in [5.74, 6) is -0.769. The van der Waals surface area contributed by atoms with Crippen LogP contribution in [0, 0.1) is 5.95 Å². The largest absolute Gasteiger partial charge is 0.391 e. The normalized spacial score (nSPS) is 9.80. The minimum atomic E-state index is -0.769. The molecule has 0 aromatic carbocycles. The average Bonchev–Trinajstić information content (AvgIpc) is 1.88. The lowest BCUT2D eigenvalue weighted by molar-refractivity contribution is 0.272. The van der Waals surface area contributed by atoms with Gasteiger partial charge in [0.05, 0.1) is 12.2 Å². The van der Waals surface area contributed by atoms with Crippen LogP contribution in [-0.4, -0.2) is 10.1 Å². The van der Waals surface area contributed by atoms with Crippen molar-refractivity contribution in [1.29, 1.82) is 0 Å². The summed E-state index contributed by atoms with van der Waals surface area (Å²) >= 11 is 0. The number of hydrogen-bond acceptors (Lipinski definition) is 2. The van der Waals surface area contributed by atoms with E-state index in [0.29, 0.717) is 0 Å². The van der Waals surface area contributed by atoms with Crippen molar-refractivity contribution in [1.82, 2.24) is 4.98 Å². The van der Waals surface area contributed by atoms with Crippen LogP contribution >= 0.6 is 0 Å². The third kappa shape index (κ3) is 1.06. The maximum Gasteiger partial charge on any atom is 0.200 e. The predicted octanol–water partition coefficient (Wildman–Crippen LogP) is 0.00630. The SMILES string of the molecule is O=c1cc[nH]c(F)c1CO. The fraction of sp³-hybridized carbons (Fsp3) is 0.167. The molecule has 2 N–H and O–H groups in total. The molecule has 0 aliphatic rings. The van der Waals surface area contributed by atoms with Crippen molar-refractivity contribution in [3.8, 4) is 0 Å². The Morgan fingerprint density at radius 1 is 1.70 bits per heavy atom. The van der Waals surface area contributed by atoms with Crippen LogP contribution in [0.2, 0.25) is 0 Å². The summed E-state index contributed by atoms with van der Waals surface area (Å²) in [5, 5.41) is 8.44. The molecule has 0 amide bonds. The molecule has 0 fully saturated rings. The number of aromatic amines is 1. The second kappa shape index (κ2) is 2.62. The molecule has 0 atom stereocenters. The summed E-state index contributed by atoms with van der Waals surface area (Å²) in [6.45, 7) is -0.567. The molecule has 0 radical (unpaired) electrons. The van der Waals surface area contributed by atoms with Crippen LogP contribution in [0.25, 0.3) is 0 Å². The van der Waals surface area contributed by atoms with Gasteiger partial charge in [-0.05, 0) is 0 Å². The highest BCUT2D eigenvalue weighted by molar-refractivity contribution is 5.09. The van der Waals surface area contributed by atoms with Crippen molar-refractivity contribution < 1.29 is 9.50 Å². The Kier molecular flexibility index (Phi) is 1.82. The summed E-state index contributed by atoms with van der Waals surface area (Å²) in [5.41, 5.74) is -0.707. The van der Waals surface area contributed by atoms with Gasteiger partial charge in [0.2, 0.25) is 5.95 Å². The van der Waals surface area contributed by atoms with Crippen molar-refractivity contribution in [3.05, 3.63) is 34.0 Å². The minimum absolute atomic E-state index is 0.220. The Morgan fingerprint density at radius 2 is 2.40 bits per heavy atom. The van der Waals surface area contributed by atoms with Gasteiger partial charge in [-0.15, -0.1) is 0 Å². The van der Waals surface area contributed by atoms with Crippen molar-refractivity contribution in [3.63, 3.8) is 0 Å². The molecule has 1 rings (SSSR count). The van der Waals surface area contributed by atoms with Crippen LogP contribution in [-0.2, 0) is 6.61 Å². The van der Waals surface area contributed by atoms with Crippen LogP contribution in [0.15, 0.2) is 17.1 Å². The van der Waals surface area contributed by atoms with Crippen molar-refractivity contribution in [2.24, 2.45) is 0 Å². The van der Waals surface area contributed by atoms with Gasteiger partial charge >= 0.3 is 0 Å². The summed E-state index contributed by atoms with van der Waals surface area (Å²) < 4.78 is 12.4. The van der Waals surface area contributed by atoms with Crippen LogP contribution in [0.5, 0.6) is 0 Å². The van der Waals surface area contributed by atoms with Gasteiger partial charge in [0.15, 0.2) is 5.43 Å². The van der Waals surface area contributed by atoms with Crippen LogP contribution in [0.4, 0.5) is 4.39 Å². The van der Waals surface area contributed by atoms with E-state index >= 15 is 0 Å². The van der Waals surface area contributed by atoms with Gasteiger partial charge in [0.1, 0.15) is 0 Å². The van der Waals surface area contributed by atoms with E-state index in [0.717, 1.165) is 6.07 Å². The maximum absolute atomic E-state index is 12.4. The quantitative estimate of drug-likeness (QED) is 0.544. The van der Waals surface area contributed by atoms with Gasteiger partial charge in [-0.3, -0.25) is 4.79 Å². The first kappa shape index (κ1) is 6.95. The monoisotopic (exact) mass is 143 g/mol. The second-order valence-corrected chi connectivity index (χ2v) is 1.79. The van der Waals surface area contributed by atoms with Gasteiger partial charge < -0.3 is 10.1 Å². The molecule has 0 saturated heterocycles. The number of aliphatic hydroxyl groups excluding tert-OH is 1. The molecule has 3 nitrogen and oxygen atoms in total. The zero-order valence-corrected chi connectivity index (χ0v) is 5.10. The molecule has 0 spiro atoms. The molecular formula is C6H6FNO2. The summed E-state index contributed by atoms with van der Waals surface area (Å²) in [7, 11) is 0. The van der Waals surface area contributed by atoms with Gasteiger partial charge in [0, 0.05) is 12.3 Å². The van der Waals surface area contributed by atoms with Crippen molar-refractivity contribution in [2.75, 3.05) is 0 Å². The van der Waals surface area contributed by atoms with Gasteiger partial charge in [-0.25, -0.2) is 0 Å². The number of halogens is 1. The molecule has 0 saturated carbocycles. The molecule has 1 heterocycles. The summed E-state index contributed by atoms with van der Waals surface area (Å²) in [6, 6.07) is 1.16. The fourth-order valence-electron chi connectivity index (χ4n) is 0.634. The molecule has 10 heavy (non-hydrogen) atoms. The number of pyridine rings is 1. The molecule has 0 aliphatic heterocycles. The second-order valence-electron chi connectivity index (χ2n) is 1.79. The van der Waals surface area contributed by atoms with Crippen molar-refractivity contribution in [2.45, 2.75) is 6.61 Å². The number of hydrogen-bond donors (Lipinski definition) is 2. The summed E-state index contributed by atoms with van der Waals surface area (Å²) in [6.07, 6.45) is 1.19. The first-order chi connectivity index (χ1) is 4.75. The Labute approximate surface area is 56.1 Å². The maximum atomic E-state index is 12.4. The van der Waals surface area contributed by atoms with E-state index in [-0.39, 0.29) is 5.56 Å². The molecule has 0 aliphatic carbocycles. The molecule has 0 bridgehead atoms. The Morgan fingerprint density at radius 3 is 2.80 bits per heavy atom. The Balaban J connectivity index is 3.31. The number of aliphatic hydroxyl groups is 1. The van der Waals surface area contributed by atoms with Crippen LogP contribution in [0.1, 0.15) is 5.56 Å². The molecular weight excluding hydrogens is 137 g/mol. The standard InChI is InChI=1S/C6H6FNO2/c7-6-4(3-9)5(10)1-2-8-6/h1-2,9H,3H2,(H,8,10). The van der Waals surface area contributed by atoms with E-state index in [1.165, 1.54) is 6.20 Å². The van der Waals surface area contributed by atoms with Gasteiger partial charge in [-0.2, -0.15) is 4.39 Å². The van der Waals surface area contributed by atoms with Crippen molar-refractivity contribution >= 4 is 0 Å². The zero-order valence-electron chi connectivity index (χ0n) is 5.10. The summed E-state index contributed by atoms with van der Waals surface area (Å²) in [4.78, 5) is 12.8. The molecule has 1 aromatic rings. The topological polar surface area (TPSA) is 53.1 Å².